The number of carboxylic acid groups (broad SMARTS) is 1. The van der Waals surface area contributed by atoms with Gasteiger partial charge in [-0.3, -0.25) is 4.79 Å². The van der Waals surface area contributed by atoms with Gasteiger partial charge in [-0.1, -0.05) is 0 Å². The highest BCUT2D eigenvalue weighted by Gasteiger charge is 2.36. The number of hydrogen-bond donors (Lipinski definition) is 2. The number of carboxylic acids is 1. The van der Waals surface area contributed by atoms with Crippen LogP contribution >= 0.6 is 0 Å². The molecule has 0 aromatic heterocycles. The van der Waals surface area contributed by atoms with Crippen molar-refractivity contribution in [1.82, 2.24) is 0 Å². The average Bonchev–Trinajstić information content (AvgIpc) is 3.05. The highest BCUT2D eigenvalue weighted by Crippen LogP contribution is 2.37. The van der Waals surface area contributed by atoms with Gasteiger partial charge in [0, 0.05) is 0 Å². The SMILES string of the molecule is O=C(O)C(COc1ccc(O)cc1)C1CC1. The molecule has 86 valence electrons. The molecular weight excluding hydrogens is 208 g/mol. The number of ether oxygens (including phenoxy) is 1. The fraction of sp³-hybridized carbons (Fsp3) is 0.417. The molecule has 4 heteroatoms. The fourth-order valence-electron chi connectivity index (χ4n) is 1.64. The van der Waals surface area contributed by atoms with Gasteiger partial charge in [-0.15, -0.1) is 0 Å². The van der Waals surface area contributed by atoms with Gasteiger partial charge < -0.3 is 14.9 Å². The Morgan fingerprint density at radius 1 is 1.38 bits per heavy atom. The van der Waals surface area contributed by atoms with Gasteiger partial charge in [0.1, 0.15) is 18.1 Å². The van der Waals surface area contributed by atoms with E-state index in [2.05, 4.69) is 0 Å². The second kappa shape index (κ2) is 4.43. The van der Waals surface area contributed by atoms with Crippen LogP contribution < -0.4 is 4.74 Å². The van der Waals surface area contributed by atoms with Gasteiger partial charge in [0.2, 0.25) is 0 Å². The van der Waals surface area contributed by atoms with Crippen LogP contribution in [0, 0.1) is 11.8 Å². The van der Waals surface area contributed by atoms with Crippen LogP contribution in [0.5, 0.6) is 11.5 Å². The normalized spacial score (nSPS) is 16.8. The molecule has 0 spiro atoms. The summed E-state index contributed by atoms with van der Waals surface area (Å²) < 4.78 is 5.39. The zero-order valence-electron chi connectivity index (χ0n) is 8.80. The van der Waals surface area contributed by atoms with Crippen molar-refractivity contribution >= 4 is 5.97 Å². The predicted octanol–water partition coefficient (Wildman–Crippen LogP) is 1.88. The molecule has 0 saturated heterocycles. The predicted molar refractivity (Wildman–Crippen MR) is 57.5 cm³/mol. The van der Waals surface area contributed by atoms with Gasteiger partial charge in [0.05, 0.1) is 5.92 Å². The van der Waals surface area contributed by atoms with Crippen molar-refractivity contribution in [3.05, 3.63) is 24.3 Å². The molecule has 1 unspecified atom stereocenters. The molecule has 0 bridgehead atoms. The van der Waals surface area contributed by atoms with Crippen LogP contribution in [-0.2, 0) is 4.79 Å². The summed E-state index contributed by atoms with van der Waals surface area (Å²) >= 11 is 0. The minimum atomic E-state index is -0.790. The number of carbonyl (C=O) groups is 1. The van der Waals surface area contributed by atoms with E-state index in [9.17, 15) is 4.79 Å². The van der Waals surface area contributed by atoms with Crippen molar-refractivity contribution in [2.24, 2.45) is 11.8 Å². The van der Waals surface area contributed by atoms with Crippen molar-refractivity contribution in [2.75, 3.05) is 6.61 Å². The third-order valence-corrected chi connectivity index (χ3v) is 2.77. The number of phenolic OH excluding ortho intramolecular Hbond substituents is 1. The molecule has 1 aromatic carbocycles. The van der Waals surface area contributed by atoms with Crippen LogP contribution in [0.4, 0.5) is 0 Å². The van der Waals surface area contributed by atoms with Gasteiger partial charge in [-0.05, 0) is 43.0 Å². The quantitative estimate of drug-likeness (QED) is 0.798. The Balaban J connectivity index is 1.90. The molecular formula is C12H14O4. The van der Waals surface area contributed by atoms with Gasteiger partial charge in [-0.25, -0.2) is 0 Å². The minimum absolute atomic E-state index is 0.171. The highest BCUT2D eigenvalue weighted by atomic mass is 16.5. The average molecular weight is 222 g/mol. The van der Waals surface area contributed by atoms with Crippen LogP contribution in [0.15, 0.2) is 24.3 Å². The molecule has 1 aliphatic rings. The van der Waals surface area contributed by atoms with E-state index in [0.717, 1.165) is 12.8 Å². The lowest BCUT2D eigenvalue weighted by atomic mass is 10.1. The zero-order valence-corrected chi connectivity index (χ0v) is 8.80. The summed E-state index contributed by atoms with van der Waals surface area (Å²) in [6.45, 7) is 0.199. The molecule has 0 heterocycles. The van der Waals surface area contributed by atoms with E-state index in [1.807, 2.05) is 0 Å². The first-order valence-electron chi connectivity index (χ1n) is 5.31. The number of rotatable bonds is 5. The summed E-state index contributed by atoms with van der Waals surface area (Å²) in [4.78, 5) is 10.9. The topological polar surface area (TPSA) is 66.8 Å². The number of aliphatic carboxylic acids is 1. The maximum absolute atomic E-state index is 10.9. The fourth-order valence-corrected chi connectivity index (χ4v) is 1.64. The van der Waals surface area contributed by atoms with Crippen molar-refractivity contribution in [2.45, 2.75) is 12.8 Å². The number of aromatic hydroxyl groups is 1. The summed E-state index contributed by atoms with van der Waals surface area (Å²) in [5, 5.41) is 18.1. The second-order valence-electron chi connectivity index (χ2n) is 4.09. The summed E-state index contributed by atoms with van der Waals surface area (Å²) in [6.07, 6.45) is 1.96. The largest absolute Gasteiger partial charge is 0.508 e. The van der Waals surface area contributed by atoms with Gasteiger partial charge in [-0.2, -0.15) is 0 Å². The Hall–Kier alpha value is -1.71. The molecule has 1 aromatic rings. The van der Waals surface area contributed by atoms with Gasteiger partial charge >= 0.3 is 5.97 Å². The second-order valence-corrected chi connectivity index (χ2v) is 4.09. The van der Waals surface area contributed by atoms with Crippen LogP contribution in [0.1, 0.15) is 12.8 Å². The number of benzene rings is 1. The summed E-state index contributed by atoms with van der Waals surface area (Å²) in [5.41, 5.74) is 0. The van der Waals surface area contributed by atoms with Gasteiger partial charge in [0.25, 0.3) is 0 Å². The molecule has 4 nitrogen and oxygen atoms in total. The van der Waals surface area contributed by atoms with E-state index >= 15 is 0 Å². The molecule has 16 heavy (non-hydrogen) atoms. The Bertz CT molecular complexity index is 367. The van der Waals surface area contributed by atoms with E-state index < -0.39 is 11.9 Å². The third-order valence-electron chi connectivity index (χ3n) is 2.77. The summed E-state index contributed by atoms with van der Waals surface area (Å²) in [5.74, 6) is -0.168. The van der Waals surface area contributed by atoms with E-state index in [0.29, 0.717) is 5.75 Å². The Labute approximate surface area is 93.5 Å². The van der Waals surface area contributed by atoms with E-state index in [4.69, 9.17) is 14.9 Å². The number of phenols is 1. The van der Waals surface area contributed by atoms with Crippen molar-refractivity contribution < 1.29 is 19.7 Å². The molecule has 1 atom stereocenters. The maximum Gasteiger partial charge on any atom is 0.310 e. The van der Waals surface area contributed by atoms with Crippen LogP contribution in [0.25, 0.3) is 0 Å². The Morgan fingerprint density at radius 3 is 2.50 bits per heavy atom. The first-order valence-corrected chi connectivity index (χ1v) is 5.31. The molecule has 1 fully saturated rings. The molecule has 2 N–H and O–H groups in total. The molecule has 0 aliphatic heterocycles. The molecule has 0 radical (unpaired) electrons. The van der Waals surface area contributed by atoms with E-state index in [1.54, 1.807) is 12.1 Å². The number of hydrogen-bond acceptors (Lipinski definition) is 3. The summed E-state index contributed by atoms with van der Waals surface area (Å²) in [6, 6.07) is 6.28. The molecule has 1 aliphatic carbocycles. The molecule has 1 saturated carbocycles. The highest BCUT2D eigenvalue weighted by molar-refractivity contribution is 5.71. The van der Waals surface area contributed by atoms with Crippen molar-refractivity contribution in [1.29, 1.82) is 0 Å². The lowest BCUT2D eigenvalue weighted by Gasteiger charge is -2.12. The van der Waals surface area contributed by atoms with Crippen molar-refractivity contribution in [3.63, 3.8) is 0 Å². The van der Waals surface area contributed by atoms with E-state index in [-0.39, 0.29) is 18.3 Å². The third kappa shape index (κ3) is 2.66. The first-order chi connectivity index (χ1) is 7.66. The monoisotopic (exact) mass is 222 g/mol. The van der Waals surface area contributed by atoms with Crippen LogP contribution in [-0.4, -0.2) is 22.8 Å². The standard InChI is InChI=1S/C12H14O4/c13-9-3-5-10(6-4-9)16-7-11(12(14)15)8-1-2-8/h3-6,8,11,13H,1-2,7H2,(H,14,15). The minimum Gasteiger partial charge on any atom is -0.508 e. The Kier molecular flexibility index (Phi) is 2.99. The smallest absolute Gasteiger partial charge is 0.310 e. The first kappa shape index (κ1) is 10.8. The van der Waals surface area contributed by atoms with E-state index in [1.165, 1.54) is 12.1 Å². The maximum atomic E-state index is 10.9. The zero-order chi connectivity index (χ0) is 11.5. The van der Waals surface area contributed by atoms with Crippen LogP contribution in [0.2, 0.25) is 0 Å². The molecule has 2 rings (SSSR count). The lowest BCUT2D eigenvalue weighted by molar-refractivity contribution is -0.143. The van der Waals surface area contributed by atoms with Crippen LogP contribution in [0.3, 0.4) is 0 Å². The lowest BCUT2D eigenvalue weighted by Crippen LogP contribution is -2.23. The molecule has 0 amide bonds. The van der Waals surface area contributed by atoms with Crippen molar-refractivity contribution in [3.8, 4) is 11.5 Å². The summed E-state index contributed by atoms with van der Waals surface area (Å²) in [7, 11) is 0. The van der Waals surface area contributed by atoms with Gasteiger partial charge in [0.15, 0.2) is 0 Å². The Morgan fingerprint density at radius 2 is 2.00 bits per heavy atom.